The number of amides is 1. The largest absolute Gasteiger partial charge is 0.496 e. The third kappa shape index (κ3) is 2.89. The summed E-state index contributed by atoms with van der Waals surface area (Å²) < 4.78 is 19.7. The highest BCUT2D eigenvalue weighted by atomic mass is 79.9. The van der Waals surface area contributed by atoms with E-state index < -0.39 is 23.7 Å². The first-order valence-electron chi connectivity index (χ1n) is 7.50. The molecular formula is C18H15BrFNO4. The summed E-state index contributed by atoms with van der Waals surface area (Å²) in [6, 6.07) is 5.90. The summed E-state index contributed by atoms with van der Waals surface area (Å²) in [5, 5.41) is 9.74. The number of hydrogen-bond acceptors (Lipinski definition) is 3. The number of ether oxygens (including phenoxy) is 1. The van der Waals surface area contributed by atoms with Crippen LogP contribution in [0.3, 0.4) is 0 Å². The molecule has 0 saturated carbocycles. The molecule has 0 aliphatic carbocycles. The summed E-state index contributed by atoms with van der Waals surface area (Å²) in [6.45, 7) is 1.93. The molecular weight excluding hydrogens is 393 g/mol. The van der Waals surface area contributed by atoms with Crippen LogP contribution in [-0.4, -0.2) is 29.0 Å². The first kappa shape index (κ1) is 17.4. The van der Waals surface area contributed by atoms with Crippen LogP contribution in [0.2, 0.25) is 0 Å². The fourth-order valence-electron chi connectivity index (χ4n) is 3.13. The normalized spacial score (nSPS) is 14.4. The van der Waals surface area contributed by atoms with Gasteiger partial charge in [-0.3, -0.25) is 4.79 Å². The van der Waals surface area contributed by atoms with Gasteiger partial charge in [-0.2, -0.15) is 0 Å². The molecule has 2 aromatic rings. The van der Waals surface area contributed by atoms with Gasteiger partial charge in [-0.25, -0.2) is 9.18 Å². The third-order valence-corrected chi connectivity index (χ3v) is 5.19. The summed E-state index contributed by atoms with van der Waals surface area (Å²) >= 11 is 3.38. The van der Waals surface area contributed by atoms with Crippen molar-refractivity contribution in [2.75, 3.05) is 7.11 Å². The van der Waals surface area contributed by atoms with Gasteiger partial charge < -0.3 is 14.7 Å². The average molecular weight is 408 g/mol. The van der Waals surface area contributed by atoms with Gasteiger partial charge in [0.05, 0.1) is 7.11 Å². The Kier molecular flexibility index (Phi) is 4.51. The second kappa shape index (κ2) is 6.48. The van der Waals surface area contributed by atoms with E-state index in [4.69, 9.17) is 4.74 Å². The van der Waals surface area contributed by atoms with E-state index in [2.05, 4.69) is 15.9 Å². The highest BCUT2D eigenvalue weighted by molar-refractivity contribution is 9.10. The van der Waals surface area contributed by atoms with E-state index in [1.807, 2.05) is 6.07 Å². The van der Waals surface area contributed by atoms with Crippen LogP contribution in [0, 0.1) is 12.7 Å². The number of halogens is 2. The van der Waals surface area contributed by atoms with Gasteiger partial charge in [0.2, 0.25) is 0 Å². The Bertz CT molecular complexity index is 884. The Balaban J connectivity index is 2.10. The van der Waals surface area contributed by atoms with Gasteiger partial charge >= 0.3 is 5.97 Å². The zero-order valence-corrected chi connectivity index (χ0v) is 15.1. The maximum absolute atomic E-state index is 13.7. The predicted molar refractivity (Wildman–Crippen MR) is 92.1 cm³/mol. The van der Waals surface area contributed by atoms with Gasteiger partial charge in [0, 0.05) is 22.1 Å². The number of hydrogen-bond donors (Lipinski definition) is 1. The van der Waals surface area contributed by atoms with Crippen molar-refractivity contribution in [1.29, 1.82) is 0 Å². The number of carboxylic acids is 1. The second-order valence-corrected chi connectivity index (χ2v) is 6.62. The monoisotopic (exact) mass is 407 g/mol. The van der Waals surface area contributed by atoms with Crippen LogP contribution < -0.4 is 4.74 Å². The quantitative estimate of drug-likeness (QED) is 0.838. The first-order valence-corrected chi connectivity index (χ1v) is 8.29. The molecule has 2 aromatic carbocycles. The molecule has 0 aromatic heterocycles. The van der Waals surface area contributed by atoms with E-state index in [0.29, 0.717) is 5.56 Å². The van der Waals surface area contributed by atoms with Crippen molar-refractivity contribution >= 4 is 27.8 Å². The van der Waals surface area contributed by atoms with E-state index >= 15 is 0 Å². The number of methoxy groups -OCH3 is 1. The van der Waals surface area contributed by atoms with Crippen molar-refractivity contribution in [3.05, 3.63) is 62.9 Å². The zero-order chi connectivity index (χ0) is 18.3. The molecule has 1 heterocycles. The molecule has 1 atom stereocenters. The number of fused-ring (bicyclic) bond motifs is 1. The molecule has 0 bridgehead atoms. The lowest BCUT2D eigenvalue weighted by Gasteiger charge is -2.26. The number of benzene rings is 2. The van der Waals surface area contributed by atoms with E-state index in [1.54, 1.807) is 13.0 Å². The van der Waals surface area contributed by atoms with Crippen molar-refractivity contribution < 1.29 is 23.8 Å². The van der Waals surface area contributed by atoms with Crippen LogP contribution in [0.5, 0.6) is 5.75 Å². The fraction of sp³-hybridized carbons (Fsp3) is 0.222. The second-order valence-electron chi connectivity index (χ2n) is 5.77. The molecule has 1 amide bonds. The van der Waals surface area contributed by atoms with Crippen LogP contribution in [0.1, 0.15) is 33.1 Å². The minimum Gasteiger partial charge on any atom is -0.496 e. The number of carbonyl (C=O) groups is 2. The van der Waals surface area contributed by atoms with Crippen LogP contribution in [0.15, 0.2) is 34.8 Å². The van der Waals surface area contributed by atoms with Crippen LogP contribution in [-0.2, 0) is 11.3 Å². The van der Waals surface area contributed by atoms with Gasteiger partial charge in [0.25, 0.3) is 5.91 Å². The lowest BCUT2D eigenvalue weighted by molar-refractivity contribution is -0.142. The molecule has 7 heteroatoms. The summed E-state index contributed by atoms with van der Waals surface area (Å²) in [5.74, 6) is -2.02. The molecule has 3 rings (SSSR count). The van der Waals surface area contributed by atoms with Gasteiger partial charge in [-0.1, -0.05) is 22.0 Å². The van der Waals surface area contributed by atoms with E-state index in [9.17, 15) is 19.1 Å². The molecule has 0 spiro atoms. The lowest BCUT2D eigenvalue weighted by atomic mass is 10.0. The van der Waals surface area contributed by atoms with E-state index in [-0.39, 0.29) is 17.9 Å². The van der Waals surface area contributed by atoms with Gasteiger partial charge in [-0.15, -0.1) is 0 Å². The average Bonchev–Trinajstić information content (AvgIpc) is 2.89. The molecule has 1 aliphatic rings. The number of aliphatic carboxylic acids is 1. The highest BCUT2D eigenvalue weighted by Crippen LogP contribution is 2.38. The zero-order valence-electron chi connectivity index (χ0n) is 13.5. The smallest absolute Gasteiger partial charge is 0.331 e. The molecule has 5 nitrogen and oxygen atoms in total. The minimum atomic E-state index is -1.34. The maximum Gasteiger partial charge on any atom is 0.331 e. The first-order chi connectivity index (χ1) is 11.8. The number of nitrogens with zero attached hydrogens (tertiary/aromatic N) is 1. The molecule has 0 radical (unpaired) electrons. The van der Waals surface area contributed by atoms with Crippen molar-refractivity contribution in [3.63, 3.8) is 0 Å². The Morgan fingerprint density at radius 1 is 1.36 bits per heavy atom. The van der Waals surface area contributed by atoms with Gasteiger partial charge in [0.1, 0.15) is 11.6 Å². The van der Waals surface area contributed by atoms with E-state index in [1.165, 1.54) is 24.1 Å². The van der Waals surface area contributed by atoms with Crippen molar-refractivity contribution in [1.82, 2.24) is 4.90 Å². The number of rotatable bonds is 4. The molecule has 130 valence electrons. The standard InChI is InChI=1S/C18H15BrFNO4/c1-9-13(19)5-3-10-8-21(17(22)15(9)10)16(18(23)24)12-7-11(20)4-6-14(12)25-2/h3-7,16H,8H2,1-2H3,(H,23,24)/t16-/m1/s1. The molecule has 0 saturated heterocycles. The van der Waals surface area contributed by atoms with Crippen molar-refractivity contribution in [2.24, 2.45) is 0 Å². The number of carbonyl (C=O) groups excluding carboxylic acids is 1. The molecule has 25 heavy (non-hydrogen) atoms. The summed E-state index contributed by atoms with van der Waals surface area (Å²) in [5.41, 5.74) is 2.08. The van der Waals surface area contributed by atoms with Gasteiger partial charge in [-0.05, 0) is 42.3 Å². The summed E-state index contributed by atoms with van der Waals surface area (Å²) in [4.78, 5) is 26.0. The summed E-state index contributed by atoms with van der Waals surface area (Å²) in [7, 11) is 1.37. The third-order valence-electron chi connectivity index (χ3n) is 4.33. The van der Waals surface area contributed by atoms with Crippen molar-refractivity contribution in [2.45, 2.75) is 19.5 Å². The Labute approximate surface area is 152 Å². The number of carboxylic acid groups (broad SMARTS) is 1. The summed E-state index contributed by atoms with van der Waals surface area (Å²) in [6.07, 6.45) is 0. The van der Waals surface area contributed by atoms with Crippen LogP contribution >= 0.6 is 15.9 Å². The van der Waals surface area contributed by atoms with E-state index in [0.717, 1.165) is 21.7 Å². The minimum absolute atomic E-state index is 0.105. The Hall–Kier alpha value is -2.41. The topological polar surface area (TPSA) is 66.8 Å². The Morgan fingerprint density at radius 2 is 2.08 bits per heavy atom. The van der Waals surface area contributed by atoms with Crippen molar-refractivity contribution in [3.8, 4) is 5.75 Å². The van der Waals surface area contributed by atoms with Crippen LogP contribution in [0.25, 0.3) is 0 Å². The molecule has 1 aliphatic heterocycles. The lowest BCUT2D eigenvalue weighted by Crippen LogP contribution is -2.34. The molecule has 0 unspecified atom stereocenters. The fourth-order valence-corrected chi connectivity index (χ4v) is 3.46. The molecule has 1 N–H and O–H groups in total. The Morgan fingerprint density at radius 3 is 2.72 bits per heavy atom. The predicted octanol–water partition coefficient (Wildman–Crippen LogP) is 3.69. The SMILES string of the molecule is COc1ccc(F)cc1[C@H](C(=O)O)N1Cc2ccc(Br)c(C)c2C1=O. The highest BCUT2D eigenvalue weighted by Gasteiger charge is 2.40. The molecule has 0 fully saturated rings. The van der Waals surface area contributed by atoms with Crippen LogP contribution in [0.4, 0.5) is 4.39 Å². The maximum atomic E-state index is 13.7. The van der Waals surface area contributed by atoms with Gasteiger partial charge in [0.15, 0.2) is 6.04 Å².